The summed E-state index contributed by atoms with van der Waals surface area (Å²) in [7, 11) is 3.95. The first-order valence-electron chi connectivity index (χ1n) is 9.17. The van der Waals surface area contributed by atoms with Crippen LogP contribution in [0.4, 0.5) is 5.82 Å². The largest absolute Gasteiger partial charge is 0.378 e. The van der Waals surface area contributed by atoms with Gasteiger partial charge in [-0.2, -0.15) is 0 Å². The number of aryl methyl sites for hydroxylation is 1. The molecule has 2 saturated heterocycles. The zero-order valence-corrected chi connectivity index (χ0v) is 15.6. The Balaban J connectivity index is 1.75. The van der Waals surface area contributed by atoms with Gasteiger partial charge in [0.05, 0.1) is 25.8 Å². The fourth-order valence-electron chi connectivity index (χ4n) is 3.43. The maximum Gasteiger partial charge on any atom is 0.236 e. The Kier molecular flexibility index (Phi) is 5.86. The fraction of sp³-hybridized carbons (Fsp3) is 0.722. The van der Waals surface area contributed by atoms with E-state index in [1.807, 2.05) is 36.9 Å². The zero-order chi connectivity index (χ0) is 17.8. The number of carbonyl (C=O) groups excluding carboxylic acids is 1. The summed E-state index contributed by atoms with van der Waals surface area (Å²) in [5, 5.41) is 0. The van der Waals surface area contributed by atoms with E-state index in [1.54, 1.807) is 0 Å². The number of nitrogens with zero attached hydrogens (tertiary/aromatic N) is 5. The first-order valence-corrected chi connectivity index (χ1v) is 9.17. The number of likely N-dealkylation sites (tertiary alicyclic amines) is 1. The van der Waals surface area contributed by atoms with Crippen LogP contribution in [0.25, 0.3) is 0 Å². The van der Waals surface area contributed by atoms with E-state index in [-0.39, 0.29) is 11.9 Å². The summed E-state index contributed by atoms with van der Waals surface area (Å²) in [5.41, 5.74) is 0.932. The molecule has 1 atom stereocenters. The van der Waals surface area contributed by atoms with Crippen molar-refractivity contribution in [2.75, 3.05) is 58.4 Å². The van der Waals surface area contributed by atoms with Crippen molar-refractivity contribution in [3.8, 4) is 0 Å². The van der Waals surface area contributed by atoms with Gasteiger partial charge in [0.1, 0.15) is 11.6 Å². The second-order valence-electron chi connectivity index (χ2n) is 7.12. The third-order valence-corrected chi connectivity index (χ3v) is 4.90. The van der Waals surface area contributed by atoms with Crippen molar-refractivity contribution in [3.05, 3.63) is 17.6 Å². The molecular weight excluding hydrogens is 318 g/mol. The minimum absolute atomic E-state index is 0.0684. The maximum absolute atomic E-state index is 12.7. The van der Waals surface area contributed by atoms with Gasteiger partial charge in [0.15, 0.2) is 0 Å². The van der Waals surface area contributed by atoms with Gasteiger partial charge in [-0.15, -0.1) is 0 Å². The van der Waals surface area contributed by atoms with Crippen molar-refractivity contribution >= 4 is 11.7 Å². The molecule has 25 heavy (non-hydrogen) atoms. The number of ether oxygens (including phenoxy) is 1. The van der Waals surface area contributed by atoms with Gasteiger partial charge >= 0.3 is 0 Å². The Bertz CT molecular complexity index is 601. The molecule has 0 aromatic carbocycles. The summed E-state index contributed by atoms with van der Waals surface area (Å²) >= 11 is 0. The van der Waals surface area contributed by atoms with Crippen LogP contribution in [-0.2, 0) is 9.53 Å². The summed E-state index contributed by atoms with van der Waals surface area (Å²) in [6.07, 6.45) is 3.46. The van der Waals surface area contributed by atoms with Crippen molar-refractivity contribution in [1.82, 2.24) is 19.8 Å². The van der Waals surface area contributed by atoms with Crippen molar-refractivity contribution in [2.45, 2.75) is 32.2 Å². The predicted octanol–water partition coefficient (Wildman–Crippen LogP) is 1.24. The molecule has 0 N–H and O–H groups in total. The second-order valence-corrected chi connectivity index (χ2v) is 7.12. The van der Waals surface area contributed by atoms with Crippen LogP contribution < -0.4 is 4.90 Å². The van der Waals surface area contributed by atoms with E-state index in [4.69, 9.17) is 9.72 Å². The summed E-state index contributed by atoms with van der Waals surface area (Å²) in [5.74, 6) is 1.84. The molecule has 7 heteroatoms. The smallest absolute Gasteiger partial charge is 0.236 e. The molecule has 138 valence electrons. The predicted molar refractivity (Wildman–Crippen MR) is 96.7 cm³/mol. The van der Waals surface area contributed by atoms with Gasteiger partial charge in [-0.05, 0) is 26.2 Å². The number of piperidine rings is 1. The first-order chi connectivity index (χ1) is 12.0. The van der Waals surface area contributed by atoms with Gasteiger partial charge in [0, 0.05) is 45.5 Å². The molecule has 3 rings (SSSR count). The highest BCUT2D eigenvalue weighted by Crippen LogP contribution is 2.24. The van der Waals surface area contributed by atoms with Gasteiger partial charge in [0.25, 0.3) is 0 Å². The molecule has 1 aromatic heterocycles. The SMILES string of the molecule is Cc1cc(N(C)C)nc(C2COCCN2CC(=O)N2CCCCC2)n1. The molecule has 2 fully saturated rings. The minimum Gasteiger partial charge on any atom is -0.378 e. The number of amides is 1. The summed E-state index contributed by atoms with van der Waals surface area (Å²) < 4.78 is 5.67. The Morgan fingerprint density at radius 3 is 2.72 bits per heavy atom. The zero-order valence-electron chi connectivity index (χ0n) is 15.6. The van der Waals surface area contributed by atoms with Crippen LogP contribution in [-0.4, -0.2) is 79.2 Å². The molecular formula is C18H29N5O2. The van der Waals surface area contributed by atoms with E-state index in [1.165, 1.54) is 6.42 Å². The van der Waals surface area contributed by atoms with E-state index in [0.717, 1.165) is 49.8 Å². The summed E-state index contributed by atoms with van der Waals surface area (Å²) in [4.78, 5) is 28.2. The van der Waals surface area contributed by atoms with Gasteiger partial charge < -0.3 is 14.5 Å². The molecule has 0 aliphatic carbocycles. The average molecular weight is 347 g/mol. The first kappa shape index (κ1) is 18.1. The highest BCUT2D eigenvalue weighted by Gasteiger charge is 2.30. The standard InChI is InChI=1S/C18H29N5O2/c1-14-11-16(21(2)3)20-18(19-14)15-13-25-10-9-23(15)12-17(24)22-7-5-4-6-8-22/h11,15H,4-10,12-13H2,1-3H3. The Hall–Kier alpha value is -1.73. The van der Waals surface area contributed by atoms with Gasteiger partial charge in [-0.25, -0.2) is 9.97 Å². The van der Waals surface area contributed by atoms with E-state index >= 15 is 0 Å². The third-order valence-electron chi connectivity index (χ3n) is 4.90. The maximum atomic E-state index is 12.7. The minimum atomic E-state index is -0.0684. The van der Waals surface area contributed by atoms with Crippen LogP contribution in [0.2, 0.25) is 0 Å². The number of hydrogen-bond donors (Lipinski definition) is 0. The van der Waals surface area contributed by atoms with Gasteiger partial charge in [0.2, 0.25) is 5.91 Å². The van der Waals surface area contributed by atoms with E-state index in [2.05, 4.69) is 9.88 Å². The Morgan fingerprint density at radius 1 is 1.24 bits per heavy atom. The molecule has 0 bridgehead atoms. The van der Waals surface area contributed by atoms with Crippen LogP contribution in [0.15, 0.2) is 6.07 Å². The highest BCUT2D eigenvalue weighted by atomic mass is 16.5. The molecule has 3 heterocycles. The molecule has 1 aromatic rings. The number of anilines is 1. The van der Waals surface area contributed by atoms with E-state index in [0.29, 0.717) is 19.8 Å². The summed E-state index contributed by atoms with van der Waals surface area (Å²) in [6.45, 7) is 6.09. The van der Waals surface area contributed by atoms with E-state index < -0.39 is 0 Å². The molecule has 0 saturated carbocycles. The van der Waals surface area contributed by atoms with Crippen LogP contribution in [0.1, 0.15) is 36.8 Å². The normalized spacial score (nSPS) is 22.0. The molecule has 1 amide bonds. The Morgan fingerprint density at radius 2 is 2.00 bits per heavy atom. The van der Waals surface area contributed by atoms with Crippen LogP contribution in [0, 0.1) is 6.92 Å². The average Bonchev–Trinajstić information content (AvgIpc) is 2.62. The van der Waals surface area contributed by atoms with Crippen molar-refractivity contribution in [2.24, 2.45) is 0 Å². The highest BCUT2D eigenvalue weighted by molar-refractivity contribution is 5.78. The number of aromatic nitrogens is 2. The fourth-order valence-corrected chi connectivity index (χ4v) is 3.43. The van der Waals surface area contributed by atoms with Crippen LogP contribution in [0.3, 0.4) is 0 Å². The van der Waals surface area contributed by atoms with Gasteiger partial charge in [-0.1, -0.05) is 0 Å². The Labute approximate surface area is 150 Å². The van der Waals surface area contributed by atoms with Crippen molar-refractivity contribution in [3.63, 3.8) is 0 Å². The van der Waals surface area contributed by atoms with Crippen LogP contribution >= 0.6 is 0 Å². The molecule has 0 spiro atoms. The monoisotopic (exact) mass is 347 g/mol. The quantitative estimate of drug-likeness (QED) is 0.817. The number of rotatable bonds is 4. The lowest BCUT2D eigenvalue weighted by molar-refractivity contribution is -0.135. The number of hydrogen-bond acceptors (Lipinski definition) is 6. The molecule has 1 unspecified atom stereocenters. The lowest BCUT2D eigenvalue weighted by Gasteiger charge is -2.36. The van der Waals surface area contributed by atoms with E-state index in [9.17, 15) is 4.79 Å². The lowest BCUT2D eigenvalue weighted by Crippen LogP contribution is -2.48. The van der Waals surface area contributed by atoms with Crippen molar-refractivity contribution in [1.29, 1.82) is 0 Å². The third kappa shape index (κ3) is 4.46. The number of morpholine rings is 1. The molecule has 2 aliphatic heterocycles. The van der Waals surface area contributed by atoms with Gasteiger partial charge in [-0.3, -0.25) is 9.69 Å². The topological polar surface area (TPSA) is 61.8 Å². The molecule has 0 radical (unpaired) electrons. The lowest BCUT2D eigenvalue weighted by atomic mass is 10.1. The second kappa shape index (κ2) is 8.10. The van der Waals surface area contributed by atoms with Crippen molar-refractivity contribution < 1.29 is 9.53 Å². The van der Waals surface area contributed by atoms with Crippen LogP contribution in [0.5, 0.6) is 0 Å². The molecule has 7 nitrogen and oxygen atoms in total. The molecule has 2 aliphatic rings. The number of carbonyl (C=O) groups is 1. The summed E-state index contributed by atoms with van der Waals surface area (Å²) in [6, 6.07) is 1.90.